The third kappa shape index (κ3) is 4.52. The first-order valence-electron chi connectivity index (χ1n) is 7.42. The van der Waals surface area contributed by atoms with Crippen molar-refractivity contribution in [3.8, 4) is 0 Å². The van der Waals surface area contributed by atoms with Crippen LogP contribution in [0.5, 0.6) is 0 Å². The van der Waals surface area contributed by atoms with Crippen molar-refractivity contribution < 1.29 is 0 Å². The summed E-state index contributed by atoms with van der Waals surface area (Å²) in [5.41, 5.74) is 0. The Morgan fingerprint density at radius 2 is 1.89 bits per heavy atom. The molecule has 1 aliphatic rings. The minimum atomic E-state index is 0.600. The Kier molecular flexibility index (Phi) is 6.09. The van der Waals surface area contributed by atoms with E-state index in [1.807, 2.05) is 0 Å². The molecule has 1 rings (SSSR count). The molecule has 1 saturated heterocycles. The number of piperidine rings is 1. The Balaban J connectivity index is 2.57. The number of rotatable bonds is 5. The minimum Gasteiger partial charge on any atom is -0.309 e. The minimum absolute atomic E-state index is 0.600. The number of hydrogen-bond acceptors (Lipinski definition) is 3. The third-order valence-corrected chi connectivity index (χ3v) is 4.41. The zero-order valence-corrected chi connectivity index (χ0v) is 13.4. The molecule has 0 aromatic carbocycles. The van der Waals surface area contributed by atoms with Crippen molar-refractivity contribution >= 4 is 0 Å². The molecule has 3 nitrogen and oxygen atoms in total. The SMILES string of the molecule is CC(C)C(CN(C)C)NC1CC(C)N(C)CC1C. The fraction of sp³-hybridized carbons (Fsp3) is 1.00. The van der Waals surface area contributed by atoms with Gasteiger partial charge in [-0.1, -0.05) is 20.8 Å². The van der Waals surface area contributed by atoms with E-state index in [2.05, 4.69) is 64.0 Å². The Hall–Kier alpha value is -0.120. The van der Waals surface area contributed by atoms with Crippen LogP contribution in [0, 0.1) is 11.8 Å². The van der Waals surface area contributed by atoms with Crippen molar-refractivity contribution in [3.05, 3.63) is 0 Å². The first-order valence-corrected chi connectivity index (χ1v) is 7.42. The van der Waals surface area contributed by atoms with E-state index in [-0.39, 0.29) is 0 Å². The van der Waals surface area contributed by atoms with Gasteiger partial charge < -0.3 is 15.1 Å². The number of nitrogens with zero attached hydrogens (tertiary/aromatic N) is 2. The van der Waals surface area contributed by atoms with Crippen LogP contribution >= 0.6 is 0 Å². The van der Waals surface area contributed by atoms with Gasteiger partial charge in [-0.2, -0.15) is 0 Å². The smallest absolute Gasteiger partial charge is 0.0220 e. The van der Waals surface area contributed by atoms with Gasteiger partial charge in [0, 0.05) is 31.2 Å². The van der Waals surface area contributed by atoms with Gasteiger partial charge >= 0.3 is 0 Å². The molecule has 0 aliphatic carbocycles. The molecule has 1 aliphatic heterocycles. The van der Waals surface area contributed by atoms with E-state index in [1.165, 1.54) is 13.0 Å². The highest BCUT2D eigenvalue weighted by atomic mass is 15.2. The van der Waals surface area contributed by atoms with Crippen molar-refractivity contribution in [1.82, 2.24) is 15.1 Å². The third-order valence-electron chi connectivity index (χ3n) is 4.41. The molecule has 18 heavy (non-hydrogen) atoms. The standard InChI is InChI=1S/C15H33N3/c1-11(2)15(10-17(5)6)16-14-8-13(4)18(7)9-12(14)3/h11-16H,8-10H2,1-7H3. The molecule has 0 aromatic rings. The second-order valence-corrected chi connectivity index (χ2v) is 6.89. The zero-order valence-electron chi connectivity index (χ0n) is 13.4. The predicted molar refractivity (Wildman–Crippen MR) is 80.0 cm³/mol. The largest absolute Gasteiger partial charge is 0.309 e. The number of hydrogen-bond donors (Lipinski definition) is 1. The van der Waals surface area contributed by atoms with E-state index in [9.17, 15) is 0 Å². The maximum atomic E-state index is 3.92. The molecule has 0 aromatic heterocycles. The molecule has 1 fully saturated rings. The van der Waals surface area contributed by atoms with Crippen LogP contribution in [0.15, 0.2) is 0 Å². The summed E-state index contributed by atoms with van der Waals surface area (Å²) in [5, 5.41) is 3.92. The van der Waals surface area contributed by atoms with Crippen LogP contribution in [0.4, 0.5) is 0 Å². The lowest BCUT2D eigenvalue weighted by molar-refractivity contribution is 0.107. The molecule has 0 saturated carbocycles. The molecule has 1 N–H and O–H groups in total. The van der Waals surface area contributed by atoms with Crippen LogP contribution in [-0.4, -0.2) is 62.2 Å². The number of nitrogens with one attached hydrogen (secondary N) is 1. The lowest BCUT2D eigenvalue weighted by Gasteiger charge is -2.42. The van der Waals surface area contributed by atoms with E-state index in [0.29, 0.717) is 24.0 Å². The van der Waals surface area contributed by atoms with E-state index in [0.717, 1.165) is 12.5 Å². The Morgan fingerprint density at radius 3 is 2.39 bits per heavy atom. The van der Waals surface area contributed by atoms with Gasteiger partial charge in [-0.15, -0.1) is 0 Å². The monoisotopic (exact) mass is 255 g/mol. The number of likely N-dealkylation sites (tertiary alicyclic amines) is 1. The Labute approximate surface area is 114 Å². The summed E-state index contributed by atoms with van der Waals surface area (Å²) in [7, 11) is 6.58. The van der Waals surface area contributed by atoms with E-state index in [4.69, 9.17) is 0 Å². The first-order chi connectivity index (χ1) is 8.31. The molecule has 1 heterocycles. The topological polar surface area (TPSA) is 18.5 Å². The van der Waals surface area contributed by atoms with Crippen LogP contribution in [0.2, 0.25) is 0 Å². The fourth-order valence-electron chi connectivity index (χ4n) is 2.90. The summed E-state index contributed by atoms with van der Waals surface area (Å²) in [5.74, 6) is 1.43. The fourth-order valence-corrected chi connectivity index (χ4v) is 2.90. The molecule has 108 valence electrons. The molecule has 0 spiro atoms. The summed E-state index contributed by atoms with van der Waals surface area (Å²) in [6.45, 7) is 11.7. The molecule has 0 amide bonds. The van der Waals surface area contributed by atoms with Gasteiger partial charge in [0.2, 0.25) is 0 Å². The van der Waals surface area contributed by atoms with Gasteiger partial charge in [-0.25, -0.2) is 0 Å². The van der Waals surface area contributed by atoms with Crippen LogP contribution in [0.3, 0.4) is 0 Å². The summed E-state index contributed by atoms with van der Waals surface area (Å²) in [4.78, 5) is 4.78. The van der Waals surface area contributed by atoms with Crippen molar-refractivity contribution in [3.63, 3.8) is 0 Å². The highest BCUT2D eigenvalue weighted by molar-refractivity contribution is 4.89. The second-order valence-electron chi connectivity index (χ2n) is 6.89. The summed E-state index contributed by atoms with van der Waals surface area (Å²) in [6.07, 6.45) is 1.27. The van der Waals surface area contributed by atoms with Crippen LogP contribution in [0.1, 0.15) is 34.1 Å². The van der Waals surface area contributed by atoms with Gasteiger partial charge in [0.1, 0.15) is 0 Å². The second kappa shape index (κ2) is 6.88. The van der Waals surface area contributed by atoms with Crippen molar-refractivity contribution in [2.75, 3.05) is 34.2 Å². The number of likely N-dealkylation sites (N-methyl/N-ethyl adjacent to an activating group) is 1. The molecular weight excluding hydrogens is 222 g/mol. The van der Waals surface area contributed by atoms with E-state index < -0.39 is 0 Å². The quantitative estimate of drug-likeness (QED) is 0.809. The van der Waals surface area contributed by atoms with Gasteiger partial charge in [0.05, 0.1) is 0 Å². The zero-order chi connectivity index (χ0) is 13.9. The average molecular weight is 255 g/mol. The average Bonchev–Trinajstić information content (AvgIpc) is 2.23. The van der Waals surface area contributed by atoms with E-state index in [1.54, 1.807) is 0 Å². The highest BCUT2D eigenvalue weighted by Crippen LogP contribution is 2.22. The highest BCUT2D eigenvalue weighted by Gasteiger charge is 2.30. The van der Waals surface area contributed by atoms with Crippen molar-refractivity contribution in [2.45, 2.75) is 52.2 Å². The van der Waals surface area contributed by atoms with Crippen molar-refractivity contribution in [2.24, 2.45) is 11.8 Å². The van der Waals surface area contributed by atoms with Crippen molar-refractivity contribution in [1.29, 1.82) is 0 Å². The summed E-state index contributed by atoms with van der Waals surface area (Å²) >= 11 is 0. The maximum Gasteiger partial charge on any atom is 0.0220 e. The molecule has 4 unspecified atom stereocenters. The Bertz CT molecular complexity index is 240. The van der Waals surface area contributed by atoms with Gasteiger partial charge in [0.25, 0.3) is 0 Å². The van der Waals surface area contributed by atoms with Gasteiger partial charge in [-0.3, -0.25) is 0 Å². The Morgan fingerprint density at radius 1 is 1.28 bits per heavy atom. The van der Waals surface area contributed by atoms with Gasteiger partial charge in [-0.05, 0) is 46.3 Å². The molecule has 4 atom stereocenters. The molecular formula is C15H33N3. The molecule has 0 radical (unpaired) electrons. The predicted octanol–water partition coefficient (Wildman–Crippen LogP) is 1.89. The molecule has 0 bridgehead atoms. The first kappa shape index (κ1) is 15.9. The summed E-state index contributed by atoms with van der Waals surface area (Å²) < 4.78 is 0. The summed E-state index contributed by atoms with van der Waals surface area (Å²) in [6, 6.07) is 1.97. The van der Waals surface area contributed by atoms with Crippen LogP contribution in [0.25, 0.3) is 0 Å². The molecule has 3 heteroatoms. The maximum absolute atomic E-state index is 3.92. The van der Waals surface area contributed by atoms with Crippen LogP contribution in [-0.2, 0) is 0 Å². The normalized spacial score (nSPS) is 32.2. The lowest BCUT2D eigenvalue weighted by atomic mass is 9.88. The van der Waals surface area contributed by atoms with Crippen LogP contribution < -0.4 is 5.32 Å². The van der Waals surface area contributed by atoms with Gasteiger partial charge in [0.15, 0.2) is 0 Å². The van der Waals surface area contributed by atoms with E-state index >= 15 is 0 Å². The lowest BCUT2D eigenvalue weighted by Crippen LogP contribution is -2.56.